The average Bonchev–Trinajstić information content (AvgIpc) is 2.58. The minimum atomic E-state index is -4.72. The first-order chi connectivity index (χ1) is 12.7. The van der Waals surface area contributed by atoms with Crippen LogP contribution in [-0.2, 0) is 19.6 Å². The van der Waals surface area contributed by atoms with Crippen LogP contribution in [0.25, 0.3) is 0 Å². The molecule has 0 saturated carbocycles. The molecule has 0 heterocycles. The number of halogens is 3. The molecule has 0 aliphatic rings. The van der Waals surface area contributed by atoms with Gasteiger partial charge in [-0.05, 0) is 42.9 Å². The van der Waals surface area contributed by atoms with E-state index in [4.69, 9.17) is 0 Å². The first-order valence-corrected chi connectivity index (χ1v) is 8.31. The zero-order valence-electron chi connectivity index (χ0n) is 15.1. The second kappa shape index (κ2) is 9.27. The lowest BCUT2D eigenvalue weighted by Gasteiger charge is -2.15. The van der Waals surface area contributed by atoms with Gasteiger partial charge in [0.2, 0.25) is 0 Å². The predicted molar refractivity (Wildman–Crippen MR) is 96.0 cm³/mol. The fourth-order valence-electron chi connectivity index (χ4n) is 2.45. The van der Waals surface area contributed by atoms with E-state index in [9.17, 15) is 18.0 Å². The van der Waals surface area contributed by atoms with Crippen LogP contribution < -0.4 is 15.4 Å². The van der Waals surface area contributed by atoms with Crippen LogP contribution >= 0.6 is 0 Å². The van der Waals surface area contributed by atoms with E-state index in [2.05, 4.69) is 15.4 Å². The van der Waals surface area contributed by atoms with Gasteiger partial charge in [-0.15, -0.1) is 13.2 Å². The Morgan fingerprint density at radius 1 is 0.963 bits per heavy atom. The summed E-state index contributed by atoms with van der Waals surface area (Å²) in [5.41, 5.74) is 2.81. The number of rotatable bonds is 7. The van der Waals surface area contributed by atoms with Crippen molar-refractivity contribution in [1.29, 1.82) is 0 Å². The summed E-state index contributed by atoms with van der Waals surface area (Å²) in [6, 6.07) is 12.8. The highest BCUT2D eigenvalue weighted by molar-refractivity contribution is 5.73. The number of amides is 2. The van der Waals surface area contributed by atoms with Gasteiger partial charge in [-0.1, -0.05) is 36.4 Å². The van der Waals surface area contributed by atoms with Crippen molar-refractivity contribution in [1.82, 2.24) is 15.5 Å². The van der Waals surface area contributed by atoms with E-state index in [1.807, 2.05) is 43.3 Å². The fraction of sp³-hybridized carbons (Fsp3) is 0.316. The Labute approximate surface area is 156 Å². The number of carbonyl (C=O) groups excluding carboxylic acids is 1. The summed E-state index contributed by atoms with van der Waals surface area (Å²) in [6.45, 7) is 1.34. The molecule has 2 aromatic carbocycles. The largest absolute Gasteiger partial charge is 0.573 e. The van der Waals surface area contributed by atoms with E-state index in [0.29, 0.717) is 12.1 Å². The Morgan fingerprint density at radius 3 is 2.15 bits per heavy atom. The van der Waals surface area contributed by atoms with E-state index < -0.39 is 6.36 Å². The van der Waals surface area contributed by atoms with E-state index in [1.165, 1.54) is 24.3 Å². The molecule has 0 aliphatic heterocycles. The molecule has 8 heteroatoms. The zero-order valence-corrected chi connectivity index (χ0v) is 15.1. The van der Waals surface area contributed by atoms with Crippen LogP contribution in [0.4, 0.5) is 18.0 Å². The molecule has 0 bridgehead atoms. The Bertz CT molecular complexity index is 747. The minimum absolute atomic E-state index is 0.192. The second-order valence-electron chi connectivity index (χ2n) is 6.23. The van der Waals surface area contributed by atoms with Crippen molar-refractivity contribution in [2.75, 3.05) is 14.1 Å². The standard InChI is InChI=1S/C19H22F3N3O2/c1-25(2)13-16-6-4-3-5-15(16)12-24-18(26)23-11-14-7-9-17(10-8-14)27-19(20,21)22/h3-10H,11-13H2,1-2H3,(H2,23,24,26). The van der Waals surface area contributed by atoms with Crippen LogP contribution in [0, 0.1) is 0 Å². The van der Waals surface area contributed by atoms with E-state index >= 15 is 0 Å². The minimum Gasteiger partial charge on any atom is -0.406 e. The number of urea groups is 1. The number of nitrogens with zero attached hydrogens (tertiary/aromatic N) is 1. The van der Waals surface area contributed by atoms with Crippen molar-refractivity contribution < 1.29 is 22.7 Å². The number of nitrogens with one attached hydrogen (secondary N) is 2. The van der Waals surface area contributed by atoms with Crippen molar-refractivity contribution in [3.8, 4) is 5.75 Å². The summed E-state index contributed by atoms with van der Waals surface area (Å²) in [4.78, 5) is 14.0. The molecule has 0 spiro atoms. The van der Waals surface area contributed by atoms with Crippen LogP contribution in [0.3, 0.4) is 0 Å². The Balaban J connectivity index is 1.81. The Morgan fingerprint density at radius 2 is 1.56 bits per heavy atom. The lowest BCUT2D eigenvalue weighted by atomic mass is 10.1. The third-order valence-corrected chi connectivity index (χ3v) is 3.65. The number of hydrogen-bond donors (Lipinski definition) is 2. The van der Waals surface area contributed by atoms with E-state index in [-0.39, 0.29) is 18.3 Å². The van der Waals surface area contributed by atoms with Gasteiger partial charge in [0.25, 0.3) is 0 Å². The summed E-state index contributed by atoms with van der Waals surface area (Å²) < 4.78 is 40.2. The van der Waals surface area contributed by atoms with E-state index in [0.717, 1.165) is 17.7 Å². The molecule has 0 saturated heterocycles. The molecular formula is C19H22F3N3O2. The molecule has 0 fully saturated rings. The monoisotopic (exact) mass is 381 g/mol. The number of carbonyl (C=O) groups is 1. The number of hydrogen-bond acceptors (Lipinski definition) is 3. The van der Waals surface area contributed by atoms with Gasteiger partial charge < -0.3 is 20.3 Å². The zero-order chi connectivity index (χ0) is 19.9. The maximum absolute atomic E-state index is 12.1. The van der Waals surface area contributed by atoms with Crippen molar-refractivity contribution in [2.45, 2.75) is 26.0 Å². The van der Waals surface area contributed by atoms with Crippen LogP contribution in [0.5, 0.6) is 5.75 Å². The normalized spacial score (nSPS) is 11.3. The highest BCUT2D eigenvalue weighted by Gasteiger charge is 2.30. The molecule has 0 unspecified atom stereocenters. The molecule has 27 heavy (non-hydrogen) atoms. The van der Waals surface area contributed by atoms with Crippen molar-refractivity contribution in [3.63, 3.8) is 0 Å². The SMILES string of the molecule is CN(C)Cc1ccccc1CNC(=O)NCc1ccc(OC(F)(F)F)cc1. The molecule has 2 aromatic rings. The Kier molecular flexibility index (Phi) is 7.06. The first kappa shape index (κ1) is 20.6. The van der Waals surface area contributed by atoms with Crippen molar-refractivity contribution >= 4 is 6.03 Å². The summed E-state index contributed by atoms with van der Waals surface area (Å²) in [7, 11) is 3.95. The van der Waals surface area contributed by atoms with Gasteiger partial charge in [0, 0.05) is 19.6 Å². The summed E-state index contributed by atoms with van der Waals surface area (Å²) in [6.07, 6.45) is -4.72. The molecule has 0 aromatic heterocycles. The second-order valence-corrected chi connectivity index (χ2v) is 6.23. The summed E-state index contributed by atoms with van der Waals surface area (Å²) in [5, 5.41) is 5.46. The van der Waals surface area contributed by atoms with Gasteiger partial charge in [0.15, 0.2) is 0 Å². The molecule has 2 amide bonds. The smallest absolute Gasteiger partial charge is 0.406 e. The maximum atomic E-state index is 12.1. The molecular weight excluding hydrogens is 359 g/mol. The molecule has 0 radical (unpaired) electrons. The lowest BCUT2D eigenvalue weighted by Crippen LogP contribution is -2.34. The first-order valence-electron chi connectivity index (χ1n) is 8.31. The molecule has 5 nitrogen and oxygen atoms in total. The molecule has 2 N–H and O–H groups in total. The number of ether oxygens (including phenoxy) is 1. The molecule has 2 rings (SSSR count). The fourth-order valence-corrected chi connectivity index (χ4v) is 2.45. The van der Waals surface area contributed by atoms with Crippen LogP contribution in [0.2, 0.25) is 0 Å². The third kappa shape index (κ3) is 7.57. The highest BCUT2D eigenvalue weighted by atomic mass is 19.4. The van der Waals surface area contributed by atoms with Crippen molar-refractivity contribution in [3.05, 3.63) is 65.2 Å². The predicted octanol–water partition coefficient (Wildman–Crippen LogP) is 3.65. The lowest BCUT2D eigenvalue weighted by molar-refractivity contribution is -0.274. The van der Waals surface area contributed by atoms with E-state index in [1.54, 1.807) is 0 Å². The van der Waals surface area contributed by atoms with Gasteiger partial charge in [-0.3, -0.25) is 0 Å². The summed E-state index contributed by atoms with van der Waals surface area (Å²) >= 11 is 0. The van der Waals surface area contributed by atoms with Crippen LogP contribution in [0.1, 0.15) is 16.7 Å². The average molecular weight is 381 g/mol. The van der Waals surface area contributed by atoms with Gasteiger partial charge in [-0.2, -0.15) is 0 Å². The van der Waals surface area contributed by atoms with Gasteiger partial charge in [0.05, 0.1) is 0 Å². The molecule has 146 valence electrons. The quantitative estimate of drug-likeness (QED) is 0.770. The summed E-state index contributed by atoms with van der Waals surface area (Å²) in [5.74, 6) is -0.298. The van der Waals surface area contributed by atoms with Gasteiger partial charge in [-0.25, -0.2) is 4.79 Å². The molecule has 0 atom stereocenters. The van der Waals surface area contributed by atoms with Crippen molar-refractivity contribution in [2.24, 2.45) is 0 Å². The van der Waals surface area contributed by atoms with Crippen LogP contribution in [-0.4, -0.2) is 31.4 Å². The third-order valence-electron chi connectivity index (χ3n) is 3.65. The maximum Gasteiger partial charge on any atom is 0.573 e. The van der Waals surface area contributed by atoms with Gasteiger partial charge in [0.1, 0.15) is 5.75 Å². The number of benzene rings is 2. The highest BCUT2D eigenvalue weighted by Crippen LogP contribution is 2.22. The van der Waals surface area contributed by atoms with Crippen LogP contribution in [0.15, 0.2) is 48.5 Å². The van der Waals surface area contributed by atoms with Gasteiger partial charge >= 0.3 is 12.4 Å². The Hall–Kier alpha value is -2.74. The number of alkyl halides is 3. The topological polar surface area (TPSA) is 53.6 Å². The molecule has 0 aliphatic carbocycles.